The van der Waals surface area contributed by atoms with Gasteiger partial charge in [0.1, 0.15) is 5.75 Å². The summed E-state index contributed by atoms with van der Waals surface area (Å²) in [6.45, 7) is 2.77. The molecule has 1 aromatic carbocycles. The van der Waals surface area contributed by atoms with E-state index in [1.54, 1.807) is 12.4 Å². The van der Waals surface area contributed by atoms with Gasteiger partial charge in [0.15, 0.2) is 0 Å². The Hall–Kier alpha value is -2.35. The van der Waals surface area contributed by atoms with Crippen LogP contribution in [-0.2, 0) is 4.74 Å². The minimum absolute atomic E-state index is 0.257. The van der Waals surface area contributed by atoms with Crippen LogP contribution in [0.3, 0.4) is 0 Å². The van der Waals surface area contributed by atoms with Crippen molar-refractivity contribution in [2.75, 3.05) is 31.2 Å². The van der Waals surface area contributed by atoms with E-state index in [1.807, 2.05) is 4.90 Å². The lowest BCUT2D eigenvalue weighted by molar-refractivity contribution is -0.274. The van der Waals surface area contributed by atoms with Crippen molar-refractivity contribution in [3.05, 3.63) is 36.7 Å². The predicted octanol–water partition coefficient (Wildman–Crippen LogP) is 2.88. The molecule has 1 aliphatic rings. The molecule has 0 saturated carbocycles. The maximum absolute atomic E-state index is 12.1. The van der Waals surface area contributed by atoms with Crippen LogP contribution < -0.4 is 9.64 Å². The molecule has 0 spiro atoms. The summed E-state index contributed by atoms with van der Waals surface area (Å²) in [4.78, 5) is 10.6. The number of rotatable bonds is 3. The second-order valence-corrected chi connectivity index (χ2v) is 4.94. The van der Waals surface area contributed by atoms with Crippen molar-refractivity contribution in [2.24, 2.45) is 0 Å². The van der Waals surface area contributed by atoms with Crippen molar-refractivity contribution in [1.29, 1.82) is 0 Å². The van der Waals surface area contributed by atoms with Gasteiger partial charge < -0.3 is 14.4 Å². The second kappa shape index (κ2) is 6.41. The molecule has 1 fully saturated rings. The Morgan fingerprint density at radius 1 is 0.957 bits per heavy atom. The molecule has 0 radical (unpaired) electrons. The molecule has 0 amide bonds. The van der Waals surface area contributed by atoms with Gasteiger partial charge in [-0.3, -0.25) is 0 Å². The van der Waals surface area contributed by atoms with E-state index < -0.39 is 6.36 Å². The molecular weight excluding hydrogens is 311 g/mol. The third kappa shape index (κ3) is 4.10. The molecule has 0 aliphatic carbocycles. The van der Waals surface area contributed by atoms with Gasteiger partial charge in [0.2, 0.25) is 5.95 Å². The number of hydrogen-bond donors (Lipinski definition) is 0. The number of hydrogen-bond acceptors (Lipinski definition) is 5. The summed E-state index contributed by atoms with van der Waals surface area (Å²) in [6.07, 6.45) is -1.39. The van der Waals surface area contributed by atoms with E-state index in [9.17, 15) is 13.2 Å². The Morgan fingerprint density at radius 3 is 2.13 bits per heavy atom. The first kappa shape index (κ1) is 15.5. The van der Waals surface area contributed by atoms with Crippen LogP contribution in [0, 0.1) is 0 Å². The molecule has 2 aromatic rings. The molecule has 0 atom stereocenters. The highest BCUT2D eigenvalue weighted by atomic mass is 19.4. The van der Waals surface area contributed by atoms with Crippen molar-refractivity contribution in [3.8, 4) is 16.9 Å². The largest absolute Gasteiger partial charge is 0.573 e. The number of halogens is 3. The van der Waals surface area contributed by atoms with E-state index in [-0.39, 0.29) is 5.75 Å². The third-order valence-corrected chi connectivity index (χ3v) is 3.35. The number of nitrogens with zero attached hydrogens (tertiary/aromatic N) is 3. The number of aromatic nitrogens is 2. The molecule has 2 heterocycles. The number of benzene rings is 1. The van der Waals surface area contributed by atoms with Gasteiger partial charge >= 0.3 is 6.36 Å². The lowest BCUT2D eigenvalue weighted by Gasteiger charge is -2.26. The van der Waals surface area contributed by atoms with Crippen LogP contribution >= 0.6 is 0 Å². The molecule has 5 nitrogen and oxygen atoms in total. The smallest absolute Gasteiger partial charge is 0.406 e. The fraction of sp³-hybridized carbons (Fsp3) is 0.333. The summed E-state index contributed by atoms with van der Waals surface area (Å²) < 4.78 is 45.5. The molecule has 0 bridgehead atoms. The lowest BCUT2D eigenvalue weighted by atomic mass is 10.1. The Balaban J connectivity index is 1.71. The Labute approximate surface area is 130 Å². The van der Waals surface area contributed by atoms with E-state index in [0.29, 0.717) is 24.7 Å². The Kier molecular flexibility index (Phi) is 4.33. The number of anilines is 1. The summed E-state index contributed by atoms with van der Waals surface area (Å²) in [5, 5.41) is 0. The fourth-order valence-corrected chi connectivity index (χ4v) is 2.25. The zero-order chi connectivity index (χ0) is 16.3. The zero-order valence-electron chi connectivity index (χ0n) is 12.1. The minimum atomic E-state index is -4.69. The van der Waals surface area contributed by atoms with Crippen LogP contribution in [0.25, 0.3) is 11.1 Å². The van der Waals surface area contributed by atoms with Crippen LogP contribution in [0.2, 0.25) is 0 Å². The highest BCUT2D eigenvalue weighted by Crippen LogP contribution is 2.26. The predicted molar refractivity (Wildman–Crippen MR) is 77.2 cm³/mol. The van der Waals surface area contributed by atoms with Gasteiger partial charge in [-0.2, -0.15) is 0 Å². The molecule has 8 heteroatoms. The first-order valence-electron chi connectivity index (χ1n) is 7.02. The fourth-order valence-electron chi connectivity index (χ4n) is 2.25. The Bertz CT molecular complexity index is 639. The van der Waals surface area contributed by atoms with Crippen LogP contribution in [0.15, 0.2) is 36.7 Å². The normalized spacial score (nSPS) is 15.5. The summed E-state index contributed by atoms with van der Waals surface area (Å²) >= 11 is 0. The zero-order valence-corrected chi connectivity index (χ0v) is 12.1. The van der Waals surface area contributed by atoms with Crippen LogP contribution in [0.4, 0.5) is 19.1 Å². The van der Waals surface area contributed by atoms with Crippen LogP contribution in [0.5, 0.6) is 5.75 Å². The molecule has 0 N–H and O–H groups in total. The SMILES string of the molecule is FC(F)(F)Oc1ccc(-c2cnc(N3CCOCC3)nc2)cc1. The topological polar surface area (TPSA) is 47.5 Å². The van der Waals surface area contributed by atoms with Gasteiger partial charge in [-0.1, -0.05) is 12.1 Å². The Morgan fingerprint density at radius 2 is 1.57 bits per heavy atom. The van der Waals surface area contributed by atoms with Crippen LogP contribution in [-0.4, -0.2) is 42.6 Å². The highest BCUT2D eigenvalue weighted by Gasteiger charge is 2.30. The molecule has 122 valence electrons. The van der Waals surface area contributed by atoms with Gasteiger partial charge in [-0.05, 0) is 17.7 Å². The molecule has 1 aromatic heterocycles. The molecule has 3 rings (SSSR count). The van der Waals surface area contributed by atoms with Gasteiger partial charge in [-0.25, -0.2) is 9.97 Å². The first-order valence-corrected chi connectivity index (χ1v) is 7.02. The van der Waals surface area contributed by atoms with Crippen molar-refractivity contribution in [2.45, 2.75) is 6.36 Å². The van der Waals surface area contributed by atoms with E-state index in [4.69, 9.17) is 4.74 Å². The number of alkyl halides is 3. The maximum atomic E-state index is 12.1. The highest BCUT2D eigenvalue weighted by molar-refractivity contribution is 5.62. The third-order valence-electron chi connectivity index (χ3n) is 3.35. The summed E-state index contributed by atoms with van der Waals surface area (Å²) in [5.41, 5.74) is 1.44. The molecule has 23 heavy (non-hydrogen) atoms. The lowest BCUT2D eigenvalue weighted by Crippen LogP contribution is -2.37. The molecule has 1 saturated heterocycles. The van der Waals surface area contributed by atoms with Gasteiger partial charge in [0.05, 0.1) is 13.2 Å². The van der Waals surface area contributed by atoms with Gasteiger partial charge in [0, 0.05) is 31.0 Å². The number of morpholine rings is 1. The van der Waals surface area contributed by atoms with Crippen LogP contribution in [0.1, 0.15) is 0 Å². The van der Waals surface area contributed by atoms with Crippen molar-refractivity contribution < 1.29 is 22.6 Å². The summed E-state index contributed by atoms with van der Waals surface area (Å²) in [6, 6.07) is 5.60. The molecule has 0 unspecified atom stereocenters. The van der Waals surface area contributed by atoms with E-state index >= 15 is 0 Å². The average molecular weight is 325 g/mol. The second-order valence-electron chi connectivity index (χ2n) is 4.94. The number of ether oxygens (including phenoxy) is 2. The molecular formula is C15H14F3N3O2. The van der Waals surface area contributed by atoms with Crippen molar-refractivity contribution >= 4 is 5.95 Å². The quantitative estimate of drug-likeness (QED) is 0.868. The molecule has 1 aliphatic heterocycles. The minimum Gasteiger partial charge on any atom is -0.406 e. The van der Waals surface area contributed by atoms with Crippen molar-refractivity contribution in [1.82, 2.24) is 9.97 Å². The van der Waals surface area contributed by atoms with Gasteiger partial charge in [0.25, 0.3) is 0 Å². The standard InChI is InChI=1S/C15H14F3N3O2/c16-15(17,18)23-13-3-1-11(2-4-13)12-9-19-14(20-10-12)21-5-7-22-8-6-21/h1-4,9-10H,5-8H2. The monoisotopic (exact) mass is 325 g/mol. The van der Waals surface area contributed by atoms with Gasteiger partial charge in [-0.15, -0.1) is 13.2 Å². The summed E-state index contributed by atoms with van der Waals surface area (Å²) in [7, 11) is 0. The van der Waals surface area contributed by atoms with E-state index in [1.165, 1.54) is 24.3 Å². The van der Waals surface area contributed by atoms with Crippen molar-refractivity contribution in [3.63, 3.8) is 0 Å². The maximum Gasteiger partial charge on any atom is 0.573 e. The summed E-state index contributed by atoms with van der Waals surface area (Å²) in [5.74, 6) is 0.362. The van der Waals surface area contributed by atoms with E-state index in [0.717, 1.165) is 18.7 Å². The van der Waals surface area contributed by atoms with E-state index in [2.05, 4.69) is 14.7 Å². The average Bonchev–Trinajstić information content (AvgIpc) is 2.55. The first-order chi connectivity index (χ1) is 11.0.